The first-order valence-corrected chi connectivity index (χ1v) is 6.31. The Hall–Kier alpha value is -3.08. The van der Waals surface area contributed by atoms with Gasteiger partial charge in [0, 0.05) is 23.3 Å². The third kappa shape index (κ3) is 2.49. The third-order valence-corrected chi connectivity index (χ3v) is 3.17. The smallest absolute Gasteiger partial charge is 0.255 e. The number of anilines is 1. The molecule has 1 amide bonds. The van der Waals surface area contributed by atoms with Crippen molar-refractivity contribution in [2.75, 3.05) is 5.32 Å². The molecule has 0 bridgehead atoms. The normalized spacial score (nSPS) is 10.5. The number of pyridine rings is 1. The van der Waals surface area contributed by atoms with E-state index < -0.39 is 0 Å². The molecule has 1 aromatic heterocycles. The van der Waals surface area contributed by atoms with Crippen LogP contribution in [0.2, 0.25) is 0 Å². The Morgan fingerprint density at radius 2 is 1.90 bits per heavy atom. The van der Waals surface area contributed by atoms with Crippen molar-refractivity contribution in [1.29, 1.82) is 0 Å². The number of nitrogens with zero attached hydrogens (tertiary/aromatic N) is 1. The molecule has 0 radical (unpaired) electrons. The van der Waals surface area contributed by atoms with Crippen LogP contribution in [0.3, 0.4) is 0 Å². The van der Waals surface area contributed by atoms with E-state index in [1.54, 1.807) is 18.5 Å². The minimum absolute atomic E-state index is 0.256. The van der Waals surface area contributed by atoms with E-state index in [1.807, 2.05) is 18.2 Å². The van der Waals surface area contributed by atoms with E-state index in [4.69, 9.17) is 0 Å². The van der Waals surface area contributed by atoms with Crippen LogP contribution >= 0.6 is 0 Å². The van der Waals surface area contributed by atoms with Crippen LogP contribution in [-0.4, -0.2) is 21.1 Å². The Balaban J connectivity index is 1.94. The van der Waals surface area contributed by atoms with E-state index in [0.717, 1.165) is 10.8 Å². The summed E-state index contributed by atoms with van der Waals surface area (Å²) in [5.41, 5.74) is 0.893. The number of rotatable bonds is 2. The van der Waals surface area contributed by atoms with Crippen molar-refractivity contribution in [1.82, 2.24) is 4.98 Å². The number of aromatic nitrogens is 1. The lowest BCUT2D eigenvalue weighted by atomic mass is 10.1. The van der Waals surface area contributed by atoms with Crippen LogP contribution in [-0.2, 0) is 0 Å². The minimum atomic E-state index is -0.373. The molecule has 5 heteroatoms. The second kappa shape index (κ2) is 5.13. The van der Waals surface area contributed by atoms with Crippen LogP contribution in [0.25, 0.3) is 10.8 Å². The summed E-state index contributed by atoms with van der Waals surface area (Å²) in [7, 11) is 0. The number of fused-ring (bicyclic) bond motifs is 1. The Labute approximate surface area is 120 Å². The summed E-state index contributed by atoms with van der Waals surface area (Å²) in [6, 6.07) is 11.3. The molecule has 0 fully saturated rings. The Morgan fingerprint density at radius 1 is 1.05 bits per heavy atom. The van der Waals surface area contributed by atoms with Crippen LogP contribution in [0, 0.1) is 0 Å². The van der Waals surface area contributed by atoms with E-state index in [2.05, 4.69) is 10.3 Å². The fourth-order valence-electron chi connectivity index (χ4n) is 2.08. The summed E-state index contributed by atoms with van der Waals surface area (Å²) in [4.78, 5) is 16.3. The van der Waals surface area contributed by atoms with E-state index >= 15 is 0 Å². The van der Waals surface area contributed by atoms with E-state index in [9.17, 15) is 15.0 Å². The molecule has 0 aliphatic heterocycles. The predicted molar refractivity (Wildman–Crippen MR) is 79.5 cm³/mol. The van der Waals surface area contributed by atoms with Crippen molar-refractivity contribution in [3.8, 4) is 11.5 Å². The highest BCUT2D eigenvalue weighted by atomic mass is 16.3. The molecule has 2 aromatic carbocycles. The van der Waals surface area contributed by atoms with Crippen LogP contribution in [0.4, 0.5) is 5.69 Å². The van der Waals surface area contributed by atoms with Crippen LogP contribution in [0.1, 0.15) is 10.4 Å². The van der Waals surface area contributed by atoms with Gasteiger partial charge in [0.1, 0.15) is 0 Å². The zero-order chi connectivity index (χ0) is 14.8. The van der Waals surface area contributed by atoms with Crippen molar-refractivity contribution < 1.29 is 15.0 Å². The van der Waals surface area contributed by atoms with Gasteiger partial charge in [-0.25, -0.2) is 0 Å². The molecule has 1 heterocycles. The second-order valence-corrected chi connectivity index (χ2v) is 4.56. The molecule has 0 saturated carbocycles. The molecule has 3 N–H and O–H groups in total. The molecular weight excluding hydrogens is 268 g/mol. The summed E-state index contributed by atoms with van der Waals surface area (Å²) in [5, 5.41) is 23.3. The number of amides is 1. The summed E-state index contributed by atoms with van der Waals surface area (Å²) in [6.45, 7) is 0. The van der Waals surface area contributed by atoms with Crippen LogP contribution < -0.4 is 5.32 Å². The average Bonchev–Trinajstić information content (AvgIpc) is 2.50. The monoisotopic (exact) mass is 280 g/mol. The molecule has 21 heavy (non-hydrogen) atoms. The summed E-state index contributed by atoms with van der Waals surface area (Å²) >= 11 is 0. The first kappa shape index (κ1) is 12.9. The van der Waals surface area contributed by atoms with Crippen LogP contribution in [0.5, 0.6) is 11.5 Å². The van der Waals surface area contributed by atoms with Crippen molar-refractivity contribution in [3.05, 3.63) is 60.4 Å². The largest absolute Gasteiger partial charge is 0.504 e. The molecule has 0 unspecified atom stereocenters. The summed E-state index contributed by atoms with van der Waals surface area (Å²) in [6.07, 6.45) is 3.37. The summed E-state index contributed by atoms with van der Waals surface area (Å²) < 4.78 is 0. The number of hydrogen-bond acceptors (Lipinski definition) is 4. The van der Waals surface area contributed by atoms with Crippen molar-refractivity contribution in [2.45, 2.75) is 0 Å². The quantitative estimate of drug-likeness (QED) is 0.630. The van der Waals surface area contributed by atoms with Gasteiger partial charge in [-0.2, -0.15) is 0 Å². The van der Waals surface area contributed by atoms with Crippen molar-refractivity contribution >= 4 is 22.4 Å². The Bertz CT molecular complexity index is 825. The third-order valence-electron chi connectivity index (χ3n) is 3.17. The highest BCUT2D eigenvalue weighted by Gasteiger charge is 2.10. The maximum atomic E-state index is 12.2. The number of phenols is 2. The Morgan fingerprint density at radius 3 is 2.71 bits per heavy atom. The van der Waals surface area contributed by atoms with Crippen LogP contribution in [0.15, 0.2) is 54.9 Å². The lowest BCUT2D eigenvalue weighted by molar-refractivity contribution is 0.102. The highest BCUT2D eigenvalue weighted by molar-refractivity contribution is 6.09. The fraction of sp³-hybridized carbons (Fsp3) is 0. The minimum Gasteiger partial charge on any atom is -0.504 e. The maximum Gasteiger partial charge on any atom is 0.255 e. The topological polar surface area (TPSA) is 82.5 Å². The average molecular weight is 280 g/mol. The van der Waals surface area contributed by atoms with Gasteiger partial charge >= 0.3 is 0 Å². The van der Waals surface area contributed by atoms with Gasteiger partial charge in [-0.1, -0.05) is 12.1 Å². The maximum absolute atomic E-state index is 12.2. The van der Waals surface area contributed by atoms with Gasteiger partial charge in [-0.3, -0.25) is 9.78 Å². The molecule has 3 rings (SSSR count). The SMILES string of the molecule is O=C(Nc1cccc2ccncc12)c1ccc(O)c(O)c1. The number of nitrogens with one attached hydrogen (secondary N) is 1. The van der Waals surface area contributed by atoms with Gasteiger partial charge in [0.2, 0.25) is 0 Å². The van der Waals surface area contributed by atoms with Gasteiger partial charge < -0.3 is 15.5 Å². The van der Waals surface area contributed by atoms with Gasteiger partial charge in [-0.15, -0.1) is 0 Å². The molecule has 5 nitrogen and oxygen atoms in total. The van der Waals surface area contributed by atoms with E-state index in [-0.39, 0.29) is 23.0 Å². The van der Waals surface area contributed by atoms with Crippen molar-refractivity contribution in [2.24, 2.45) is 0 Å². The second-order valence-electron chi connectivity index (χ2n) is 4.56. The molecular formula is C16H12N2O3. The number of phenolic OH excluding ortho intramolecular Hbond substituents is 2. The number of hydrogen-bond donors (Lipinski definition) is 3. The lowest BCUT2D eigenvalue weighted by Crippen LogP contribution is -2.12. The van der Waals surface area contributed by atoms with Gasteiger partial charge in [-0.05, 0) is 35.7 Å². The first-order chi connectivity index (χ1) is 10.1. The standard InChI is InChI=1S/C16H12N2O3/c19-14-5-4-11(8-15(14)20)16(21)18-13-3-1-2-10-6-7-17-9-12(10)13/h1-9,19-20H,(H,18,21). The fourth-order valence-corrected chi connectivity index (χ4v) is 2.08. The molecule has 0 aliphatic rings. The molecule has 0 spiro atoms. The highest BCUT2D eigenvalue weighted by Crippen LogP contribution is 2.26. The van der Waals surface area contributed by atoms with Gasteiger partial charge in [0.15, 0.2) is 11.5 Å². The Kier molecular flexibility index (Phi) is 3.16. The molecule has 104 valence electrons. The number of aromatic hydroxyl groups is 2. The molecule has 0 atom stereocenters. The predicted octanol–water partition coefficient (Wildman–Crippen LogP) is 2.90. The number of carbonyl (C=O) groups excluding carboxylic acids is 1. The van der Waals surface area contributed by atoms with Gasteiger partial charge in [0.05, 0.1) is 5.69 Å². The molecule has 3 aromatic rings. The lowest BCUT2D eigenvalue weighted by Gasteiger charge is -2.09. The molecule has 0 aliphatic carbocycles. The van der Waals surface area contributed by atoms with E-state index in [0.29, 0.717) is 5.69 Å². The van der Waals surface area contributed by atoms with E-state index in [1.165, 1.54) is 18.2 Å². The number of carbonyl (C=O) groups is 1. The van der Waals surface area contributed by atoms with Gasteiger partial charge in [0.25, 0.3) is 5.91 Å². The zero-order valence-corrected chi connectivity index (χ0v) is 10.9. The van der Waals surface area contributed by atoms with Crippen molar-refractivity contribution in [3.63, 3.8) is 0 Å². The molecule has 0 saturated heterocycles. The first-order valence-electron chi connectivity index (χ1n) is 6.31. The zero-order valence-electron chi connectivity index (χ0n) is 10.9. The summed E-state index contributed by atoms with van der Waals surface area (Å²) in [5.74, 6) is -0.968. The number of benzene rings is 2.